The molecule has 1 heterocycles. The maximum Gasteiger partial charge on any atom is 0.242 e. The van der Waals surface area contributed by atoms with E-state index < -0.39 is 6.04 Å². The number of ether oxygens (including phenoxy) is 2. The molecule has 34 heavy (non-hydrogen) atoms. The first-order valence-electron chi connectivity index (χ1n) is 11.7. The molecule has 0 fully saturated rings. The monoisotopic (exact) mass is 506 g/mol. The fraction of sp³-hybridized carbons (Fsp3) is 0.462. The molecule has 0 aromatic heterocycles. The van der Waals surface area contributed by atoms with Crippen molar-refractivity contribution in [1.29, 1.82) is 0 Å². The number of fused-ring (bicyclic) bond motifs is 1. The molecule has 0 radical (unpaired) electrons. The number of benzene rings is 2. The summed E-state index contributed by atoms with van der Waals surface area (Å²) >= 11 is 12.4. The third-order valence-corrected chi connectivity index (χ3v) is 6.25. The molecule has 2 aromatic rings. The summed E-state index contributed by atoms with van der Waals surface area (Å²) in [6.45, 7) is 7.79. The number of rotatable bonds is 10. The predicted octanol–water partition coefficient (Wildman–Crippen LogP) is 5.28. The van der Waals surface area contributed by atoms with Crippen LogP contribution in [0.1, 0.15) is 44.7 Å². The topological polar surface area (TPSA) is 67.9 Å². The second kappa shape index (κ2) is 12.3. The minimum absolute atomic E-state index is 0.118. The number of amides is 2. The Hall–Kier alpha value is -2.44. The van der Waals surface area contributed by atoms with E-state index in [4.69, 9.17) is 32.7 Å². The van der Waals surface area contributed by atoms with Crippen LogP contribution in [0, 0.1) is 5.92 Å². The molecule has 1 N–H and O–H groups in total. The van der Waals surface area contributed by atoms with Crippen molar-refractivity contribution in [3.8, 4) is 11.5 Å². The van der Waals surface area contributed by atoms with Crippen molar-refractivity contribution in [2.24, 2.45) is 5.92 Å². The first kappa shape index (κ1) is 26.2. The molecular weight excluding hydrogens is 475 g/mol. The van der Waals surface area contributed by atoms with Gasteiger partial charge in [0.15, 0.2) is 11.5 Å². The molecule has 2 amide bonds. The average molecular weight is 507 g/mol. The molecule has 0 aliphatic carbocycles. The van der Waals surface area contributed by atoms with E-state index in [1.807, 2.05) is 39.0 Å². The van der Waals surface area contributed by atoms with Gasteiger partial charge in [0.1, 0.15) is 19.3 Å². The van der Waals surface area contributed by atoms with Crippen LogP contribution in [0.15, 0.2) is 36.4 Å². The number of aryl methyl sites for hydroxylation is 1. The Balaban J connectivity index is 1.78. The van der Waals surface area contributed by atoms with Crippen LogP contribution in [-0.2, 0) is 22.6 Å². The highest BCUT2D eigenvalue weighted by Gasteiger charge is 2.29. The molecule has 3 rings (SSSR count). The van der Waals surface area contributed by atoms with Crippen LogP contribution in [0.3, 0.4) is 0 Å². The first-order chi connectivity index (χ1) is 16.3. The largest absolute Gasteiger partial charge is 0.486 e. The number of hydrogen-bond donors (Lipinski definition) is 1. The summed E-state index contributed by atoms with van der Waals surface area (Å²) in [4.78, 5) is 28.1. The molecule has 1 aliphatic rings. The van der Waals surface area contributed by atoms with Gasteiger partial charge in [-0.1, -0.05) is 56.1 Å². The highest BCUT2D eigenvalue weighted by atomic mass is 35.5. The first-order valence-corrected chi connectivity index (χ1v) is 12.4. The standard InChI is InChI=1S/C26H32Cl2N2O4/c1-4-22(26(32)29-15-17(2)3)30(16-19-7-8-20(27)14-21(19)28)25(31)10-6-18-5-9-23-24(13-18)34-12-11-33-23/h5,7-9,13-14,17,22H,4,6,10-12,15-16H2,1-3H3,(H,29,32)/t22-/m1/s1. The fourth-order valence-electron chi connectivity index (χ4n) is 3.81. The predicted molar refractivity (Wildman–Crippen MR) is 135 cm³/mol. The molecule has 0 bridgehead atoms. The zero-order valence-electron chi connectivity index (χ0n) is 19.9. The van der Waals surface area contributed by atoms with Gasteiger partial charge in [-0.25, -0.2) is 0 Å². The minimum atomic E-state index is -0.599. The molecule has 0 spiro atoms. The van der Waals surface area contributed by atoms with E-state index in [-0.39, 0.29) is 24.8 Å². The van der Waals surface area contributed by atoms with Crippen LogP contribution >= 0.6 is 23.2 Å². The van der Waals surface area contributed by atoms with Crippen LogP contribution in [0.4, 0.5) is 0 Å². The summed E-state index contributed by atoms with van der Waals surface area (Å²) < 4.78 is 11.2. The molecular formula is C26H32Cl2N2O4. The Morgan fingerprint density at radius 3 is 2.47 bits per heavy atom. The van der Waals surface area contributed by atoms with Crippen molar-refractivity contribution >= 4 is 35.0 Å². The Labute approximate surface area is 211 Å². The molecule has 1 atom stereocenters. The van der Waals surface area contributed by atoms with E-state index >= 15 is 0 Å². The SMILES string of the molecule is CC[C@H](C(=O)NCC(C)C)N(Cc1ccc(Cl)cc1Cl)C(=O)CCc1ccc2c(c1)OCCO2. The van der Waals surface area contributed by atoms with Crippen molar-refractivity contribution in [3.05, 3.63) is 57.6 Å². The third-order valence-electron chi connectivity index (χ3n) is 5.66. The van der Waals surface area contributed by atoms with Gasteiger partial charge in [-0.3, -0.25) is 9.59 Å². The number of nitrogens with zero attached hydrogens (tertiary/aromatic N) is 1. The lowest BCUT2D eigenvalue weighted by atomic mass is 10.1. The Morgan fingerprint density at radius 1 is 1.06 bits per heavy atom. The maximum atomic E-state index is 13.5. The van der Waals surface area contributed by atoms with Crippen LogP contribution in [0.25, 0.3) is 0 Å². The van der Waals surface area contributed by atoms with E-state index in [2.05, 4.69) is 5.32 Å². The van der Waals surface area contributed by atoms with Crippen molar-refractivity contribution in [2.45, 2.75) is 52.6 Å². The van der Waals surface area contributed by atoms with Crippen molar-refractivity contribution in [3.63, 3.8) is 0 Å². The summed E-state index contributed by atoms with van der Waals surface area (Å²) in [5.74, 6) is 1.45. The number of nitrogens with one attached hydrogen (secondary N) is 1. The Morgan fingerprint density at radius 2 is 1.79 bits per heavy atom. The van der Waals surface area contributed by atoms with E-state index in [0.29, 0.717) is 60.1 Å². The van der Waals surface area contributed by atoms with E-state index in [1.54, 1.807) is 23.1 Å². The molecule has 0 saturated carbocycles. The minimum Gasteiger partial charge on any atom is -0.486 e. The summed E-state index contributed by atoms with van der Waals surface area (Å²) in [5.41, 5.74) is 1.72. The molecule has 8 heteroatoms. The van der Waals surface area contributed by atoms with Gasteiger partial charge >= 0.3 is 0 Å². The molecule has 184 valence electrons. The molecule has 6 nitrogen and oxygen atoms in total. The number of halogens is 2. The van der Waals surface area contributed by atoms with Crippen molar-refractivity contribution in [2.75, 3.05) is 19.8 Å². The normalized spacial score (nSPS) is 13.5. The van der Waals surface area contributed by atoms with Crippen LogP contribution < -0.4 is 14.8 Å². The lowest BCUT2D eigenvalue weighted by molar-refractivity contribution is -0.141. The van der Waals surface area contributed by atoms with Crippen LogP contribution in [0.2, 0.25) is 10.0 Å². The summed E-state index contributed by atoms with van der Waals surface area (Å²) in [7, 11) is 0. The number of carbonyl (C=O) groups is 2. The number of carbonyl (C=O) groups excluding carboxylic acids is 2. The third kappa shape index (κ3) is 7.03. The second-order valence-corrected chi connectivity index (χ2v) is 9.64. The van der Waals surface area contributed by atoms with Crippen molar-refractivity contribution < 1.29 is 19.1 Å². The van der Waals surface area contributed by atoms with Gasteiger partial charge in [0, 0.05) is 29.6 Å². The highest BCUT2D eigenvalue weighted by molar-refractivity contribution is 6.35. The maximum absolute atomic E-state index is 13.5. The van der Waals surface area contributed by atoms with Gasteiger partial charge in [0.2, 0.25) is 11.8 Å². The zero-order valence-corrected chi connectivity index (χ0v) is 21.4. The van der Waals surface area contributed by atoms with E-state index in [0.717, 1.165) is 11.1 Å². The van der Waals surface area contributed by atoms with Gasteiger partial charge in [0.25, 0.3) is 0 Å². The lowest BCUT2D eigenvalue weighted by Gasteiger charge is -2.31. The molecule has 1 aliphatic heterocycles. The fourth-order valence-corrected chi connectivity index (χ4v) is 4.28. The number of hydrogen-bond acceptors (Lipinski definition) is 4. The van der Waals surface area contributed by atoms with Gasteiger partial charge in [-0.2, -0.15) is 0 Å². The van der Waals surface area contributed by atoms with Gasteiger partial charge < -0.3 is 19.7 Å². The van der Waals surface area contributed by atoms with Crippen molar-refractivity contribution in [1.82, 2.24) is 10.2 Å². The molecule has 0 saturated heterocycles. The zero-order chi connectivity index (χ0) is 24.7. The Bertz CT molecular complexity index is 1010. The highest BCUT2D eigenvalue weighted by Crippen LogP contribution is 2.31. The summed E-state index contributed by atoms with van der Waals surface area (Å²) in [6.07, 6.45) is 1.26. The summed E-state index contributed by atoms with van der Waals surface area (Å²) in [6, 6.07) is 10.3. The van der Waals surface area contributed by atoms with E-state index in [1.165, 1.54) is 0 Å². The average Bonchev–Trinajstić information content (AvgIpc) is 2.82. The smallest absolute Gasteiger partial charge is 0.242 e. The Kier molecular flexibility index (Phi) is 9.48. The van der Waals surface area contributed by atoms with E-state index in [9.17, 15) is 9.59 Å². The quantitative estimate of drug-likeness (QED) is 0.476. The van der Waals surface area contributed by atoms with Crippen LogP contribution in [-0.4, -0.2) is 42.5 Å². The van der Waals surface area contributed by atoms with Gasteiger partial charge in [-0.15, -0.1) is 0 Å². The second-order valence-electron chi connectivity index (χ2n) is 8.80. The van der Waals surface area contributed by atoms with Gasteiger partial charge in [0.05, 0.1) is 0 Å². The summed E-state index contributed by atoms with van der Waals surface area (Å²) in [5, 5.41) is 3.96. The van der Waals surface area contributed by atoms with Gasteiger partial charge in [-0.05, 0) is 54.2 Å². The molecule has 0 unspecified atom stereocenters. The van der Waals surface area contributed by atoms with Crippen LogP contribution in [0.5, 0.6) is 11.5 Å². The lowest BCUT2D eigenvalue weighted by Crippen LogP contribution is -2.49. The molecule has 2 aromatic carbocycles.